The molecule has 0 aromatic heterocycles. The quantitative estimate of drug-likeness (QED) is 0.258. The molecule has 0 saturated heterocycles. The number of nitriles is 1. The van der Waals surface area contributed by atoms with Crippen LogP contribution in [0.3, 0.4) is 0 Å². The Bertz CT molecular complexity index is 233. The number of esters is 1. The summed E-state index contributed by atoms with van der Waals surface area (Å²) in [7, 11) is 1.31. The van der Waals surface area contributed by atoms with Gasteiger partial charge in [-0.2, -0.15) is 5.26 Å². The van der Waals surface area contributed by atoms with E-state index < -0.39 is 0 Å². The lowest BCUT2D eigenvalue weighted by Crippen LogP contribution is -2.00. The maximum atomic E-state index is 10.7. The average molecular weight is 151 g/mol. The van der Waals surface area contributed by atoms with Crippen molar-refractivity contribution in [1.82, 2.24) is 0 Å². The van der Waals surface area contributed by atoms with Gasteiger partial charge in [0.2, 0.25) is 0 Å². The Labute approximate surface area is 65.6 Å². The highest BCUT2D eigenvalue weighted by molar-refractivity contribution is 5.87. The average Bonchev–Trinajstić information content (AvgIpc) is 2.03. The number of rotatable bonds is 2. The molecule has 0 fully saturated rings. The fourth-order valence-corrected chi connectivity index (χ4v) is 0.465. The van der Waals surface area contributed by atoms with Crippen LogP contribution in [0.4, 0.5) is 0 Å². The van der Waals surface area contributed by atoms with Gasteiger partial charge in [0.05, 0.1) is 13.2 Å². The summed E-state index contributed by atoms with van der Waals surface area (Å²) in [5.74, 6) is -0.382. The van der Waals surface area contributed by atoms with Gasteiger partial charge in [0.1, 0.15) is 0 Å². The van der Waals surface area contributed by atoms with Crippen LogP contribution < -0.4 is 0 Å². The molecular formula is C8H9NO2. The third-order valence-corrected chi connectivity index (χ3v) is 1.02. The Morgan fingerprint density at radius 2 is 2.27 bits per heavy atom. The molecule has 0 amide bonds. The standard InChI is InChI=1S/C8H9NO2/c1-7(8(10)11-2)5-3-4-6-9/h3-5H,1-2H3. The van der Waals surface area contributed by atoms with Gasteiger partial charge >= 0.3 is 5.97 Å². The zero-order chi connectivity index (χ0) is 8.69. The van der Waals surface area contributed by atoms with Gasteiger partial charge < -0.3 is 4.74 Å². The molecule has 0 unspecified atom stereocenters. The normalized spacial score (nSPS) is 11.2. The van der Waals surface area contributed by atoms with Gasteiger partial charge in [-0.25, -0.2) is 4.79 Å². The molecule has 0 spiro atoms. The minimum absolute atomic E-state index is 0.382. The number of nitrogens with zero attached hydrogens (tertiary/aromatic N) is 1. The molecule has 0 saturated carbocycles. The first-order chi connectivity index (χ1) is 5.22. The lowest BCUT2D eigenvalue weighted by atomic mass is 10.3. The Morgan fingerprint density at radius 3 is 2.73 bits per heavy atom. The summed E-state index contributed by atoms with van der Waals surface area (Å²) in [6, 6.07) is 1.80. The topological polar surface area (TPSA) is 50.1 Å². The van der Waals surface area contributed by atoms with Crippen LogP contribution in [0.15, 0.2) is 23.8 Å². The van der Waals surface area contributed by atoms with Crippen molar-refractivity contribution >= 4 is 5.97 Å². The van der Waals surface area contributed by atoms with E-state index in [1.165, 1.54) is 25.3 Å². The Kier molecular flexibility index (Phi) is 4.50. The van der Waals surface area contributed by atoms with E-state index in [0.717, 1.165) is 0 Å². The first-order valence-corrected chi connectivity index (χ1v) is 3.03. The first kappa shape index (κ1) is 9.44. The summed E-state index contributed by atoms with van der Waals surface area (Å²) < 4.78 is 4.42. The molecule has 0 rings (SSSR count). The molecule has 11 heavy (non-hydrogen) atoms. The highest BCUT2D eigenvalue weighted by Gasteiger charge is 1.99. The molecular weight excluding hydrogens is 142 g/mol. The first-order valence-electron chi connectivity index (χ1n) is 3.03. The van der Waals surface area contributed by atoms with Crippen molar-refractivity contribution in [2.45, 2.75) is 6.92 Å². The molecule has 0 aliphatic heterocycles. The van der Waals surface area contributed by atoms with E-state index in [0.29, 0.717) is 5.57 Å². The lowest BCUT2D eigenvalue weighted by Gasteiger charge is -1.94. The van der Waals surface area contributed by atoms with Crippen LogP contribution in [-0.4, -0.2) is 13.1 Å². The van der Waals surface area contributed by atoms with Crippen LogP contribution in [0, 0.1) is 11.3 Å². The van der Waals surface area contributed by atoms with Crippen LogP contribution in [0.2, 0.25) is 0 Å². The summed E-state index contributed by atoms with van der Waals surface area (Å²) in [6.07, 6.45) is 4.30. The van der Waals surface area contributed by atoms with Crippen molar-refractivity contribution in [3.05, 3.63) is 23.8 Å². The molecule has 0 aliphatic rings. The number of carbonyl (C=O) groups excluding carboxylic acids is 1. The van der Waals surface area contributed by atoms with E-state index in [1.807, 2.05) is 0 Å². The zero-order valence-electron chi connectivity index (χ0n) is 6.50. The second-order valence-corrected chi connectivity index (χ2v) is 1.83. The van der Waals surface area contributed by atoms with Gasteiger partial charge in [0, 0.05) is 11.6 Å². The van der Waals surface area contributed by atoms with E-state index in [1.54, 1.807) is 13.0 Å². The second-order valence-electron chi connectivity index (χ2n) is 1.83. The van der Waals surface area contributed by atoms with E-state index in [-0.39, 0.29) is 5.97 Å². The monoisotopic (exact) mass is 151 g/mol. The number of methoxy groups -OCH3 is 1. The molecule has 0 aromatic carbocycles. The summed E-state index contributed by atoms with van der Waals surface area (Å²) in [5.41, 5.74) is 0.471. The molecule has 3 heteroatoms. The summed E-state index contributed by atoms with van der Waals surface area (Å²) in [4.78, 5) is 10.7. The highest BCUT2D eigenvalue weighted by Crippen LogP contribution is 1.94. The molecule has 0 heterocycles. The third kappa shape index (κ3) is 3.93. The molecule has 0 radical (unpaired) electrons. The number of hydrogen-bond donors (Lipinski definition) is 0. The van der Waals surface area contributed by atoms with Gasteiger partial charge in [-0.15, -0.1) is 0 Å². The fraction of sp³-hybridized carbons (Fsp3) is 0.250. The largest absolute Gasteiger partial charge is 0.466 e. The third-order valence-electron chi connectivity index (χ3n) is 1.02. The van der Waals surface area contributed by atoms with E-state index in [2.05, 4.69) is 4.74 Å². The fourth-order valence-electron chi connectivity index (χ4n) is 0.465. The Balaban J connectivity index is 4.13. The second kappa shape index (κ2) is 5.24. The van der Waals surface area contributed by atoms with Crippen LogP contribution in [0.1, 0.15) is 6.92 Å². The number of allylic oxidation sites excluding steroid dienone is 3. The Hall–Kier alpha value is -1.56. The van der Waals surface area contributed by atoms with Crippen LogP contribution >= 0.6 is 0 Å². The maximum Gasteiger partial charge on any atom is 0.333 e. The number of carbonyl (C=O) groups is 1. The minimum Gasteiger partial charge on any atom is -0.466 e. The van der Waals surface area contributed by atoms with Gasteiger partial charge in [-0.1, -0.05) is 12.2 Å². The van der Waals surface area contributed by atoms with Crippen molar-refractivity contribution in [2.24, 2.45) is 0 Å². The van der Waals surface area contributed by atoms with Crippen molar-refractivity contribution in [3.63, 3.8) is 0 Å². The summed E-state index contributed by atoms with van der Waals surface area (Å²) in [6.45, 7) is 1.62. The van der Waals surface area contributed by atoms with Gasteiger partial charge in [0.15, 0.2) is 0 Å². The molecule has 0 aliphatic carbocycles. The van der Waals surface area contributed by atoms with Crippen LogP contribution in [-0.2, 0) is 9.53 Å². The van der Waals surface area contributed by atoms with Crippen molar-refractivity contribution in [1.29, 1.82) is 5.26 Å². The van der Waals surface area contributed by atoms with Crippen molar-refractivity contribution in [3.8, 4) is 6.07 Å². The van der Waals surface area contributed by atoms with Gasteiger partial charge in [-0.3, -0.25) is 0 Å². The number of hydrogen-bond acceptors (Lipinski definition) is 3. The summed E-state index contributed by atoms with van der Waals surface area (Å²) in [5, 5.41) is 8.09. The Morgan fingerprint density at radius 1 is 1.64 bits per heavy atom. The number of ether oxygens (including phenoxy) is 1. The molecule has 58 valence electrons. The highest BCUT2D eigenvalue weighted by atomic mass is 16.5. The van der Waals surface area contributed by atoms with E-state index >= 15 is 0 Å². The predicted molar refractivity (Wildman–Crippen MR) is 40.5 cm³/mol. The molecule has 0 N–H and O–H groups in total. The predicted octanol–water partition coefficient (Wildman–Crippen LogP) is 1.19. The lowest BCUT2D eigenvalue weighted by molar-refractivity contribution is -0.136. The van der Waals surface area contributed by atoms with E-state index in [9.17, 15) is 4.79 Å². The van der Waals surface area contributed by atoms with Crippen molar-refractivity contribution in [2.75, 3.05) is 7.11 Å². The molecule has 3 nitrogen and oxygen atoms in total. The van der Waals surface area contributed by atoms with E-state index in [4.69, 9.17) is 5.26 Å². The molecule has 0 bridgehead atoms. The van der Waals surface area contributed by atoms with Crippen LogP contribution in [0.5, 0.6) is 0 Å². The SMILES string of the molecule is COC(=O)C(C)=CC=CC#N. The minimum atomic E-state index is -0.382. The van der Waals surface area contributed by atoms with Crippen molar-refractivity contribution < 1.29 is 9.53 Å². The summed E-state index contributed by atoms with van der Waals surface area (Å²) >= 11 is 0. The molecule has 0 aromatic rings. The zero-order valence-corrected chi connectivity index (χ0v) is 6.50. The van der Waals surface area contributed by atoms with Gasteiger partial charge in [-0.05, 0) is 6.92 Å². The van der Waals surface area contributed by atoms with Crippen LogP contribution in [0.25, 0.3) is 0 Å². The smallest absolute Gasteiger partial charge is 0.333 e. The van der Waals surface area contributed by atoms with Gasteiger partial charge in [0.25, 0.3) is 0 Å². The molecule has 0 atom stereocenters. The maximum absolute atomic E-state index is 10.7.